The number of aryl methyl sites for hydroxylation is 2. The van der Waals surface area contributed by atoms with Crippen LogP contribution in [0.25, 0.3) is 10.9 Å². The number of benzene rings is 2. The van der Waals surface area contributed by atoms with E-state index in [0.717, 1.165) is 27.7 Å². The number of hydrogen-bond acceptors (Lipinski definition) is 2. The summed E-state index contributed by atoms with van der Waals surface area (Å²) in [6.45, 7) is 4.51. The van der Waals surface area contributed by atoms with Crippen molar-refractivity contribution in [1.82, 2.24) is 4.98 Å². The normalized spacial score (nSPS) is 10.9. The van der Waals surface area contributed by atoms with Gasteiger partial charge in [0.25, 0.3) is 5.56 Å². The van der Waals surface area contributed by atoms with Crippen molar-refractivity contribution < 1.29 is 0 Å². The Morgan fingerprint density at radius 2 is 1.86 bits per heavy atom. The Morgan fingerprint density at radius 1 is 1.09 bits per heavy atom. The average molecular weight is 313 g/mol. The fourth-order valence-electron chi connectivity index (χ4n) is 2.55. The Labute approximate surface area is 133 Å². The summed E-state index contributed by atoms with van der Waals surface area (Å²) in [7, 11) is 0. The predicted octanol–water partition coefficient (Wildman–Crippen LogP) is 4.41. The number of aromatic amines is 1. The van der Waals surface area contributed by atoms with Crippen molar-refractivity contribution in [3.8, 4) is 0 Å². The van der Waals surface area contributed by atoms with E-state index in [1.165, 1.54) is 0 Å². The van der Waals surface area contributed by atoms with E-state index in [2.05, 4.69) is 16.4 Å². The molecule has 22 heavy (non-hydrogen) atoms. The largest absolute Gasteiger partial charge is 0.381 e. The van der Waals surface area contributed by atoms with Crippen molar-refractivity contribution in [2.45, 2.75) is 20.4 Å². The first kappa shape index (κ1) is 14.7. The molecule has 2 aromatic carbocycles. The third kappa shape index (κ3) is 2.85. The Morgan fingerprint density at radius 3 is 2.64 bits per heavy atom. The smallest absolute Gasteiger partial charge is 0.253 e. The number of anilines is 1. The first-order valence-electron chi connectivity index (χ1n) is 7.16. The number of nitrogens with one attached hydrogen (secondary N) is 2. The molecule has 0 saturated carbocycles. The van der Waals surface area contributed by atoms with Gasteiger partial charge in [0.15, 0.2) is 0 Å². The van der Waals surface area contributed by atoms with Gasteiger partial charge in [-0.2, -0.15) is 0 Å². The number of pyridine rings is 1. The Kier molecular flexibility index (Phi) is 3.90. The number of H-pyrrole nitrogens is 1. The maximum atomic E-state index is 12.3. The van der Waals surface area contributed by atoms with E-state index in [1.807, 2.05) is 50.2 Å². The van der Waals surface area contributed by atoms with Gasteiger partial charge in [0, 0.05) is 28.2 Å². The van der Waals surface area contributed by atoms with Gasteiger partial charge >= 0.3 is 0 Å². The van der Waals surface area contributed by atoms with Crippen LogP contribution in [0.4, 0.5) is 5.69 Å². The minimum atomic E-state index is -0.0595. The first-order chi connectivity index (χ1) is 10.5. The standard InChI is InChI=1S/C18H17ClN2O/c1-11-6-7-12(2)17-16(11)8-13(18(22)21-17)10-20-15-5-3-4-14(19)9-15/h3-9,20H,10H2,1-2H3,(H,21,22). The second kappa shape index (κ2) is 5.85. The van der Waals surface area contributed by atoms with Crippen molar-refractivity contribution in [1.29, 1.82) is 0 Å². The molecule has 0 spiro atoms. The fraction of sp³-hybridized carbons (Fsp3) is 0.167. The van der Waals surface area contributed by atoms with Crippen LogP contribution in [0.2, 0.25) is 5.02 Å². The summed E-state index contributed by atoms with van der Waals surface area (Å²) in [4.78, 5) is 15.3. The highest BCUT2D eigenvalue weighted by Gasteiger charge is 2.07. The highest BCUT2D eigenvalue weighted by Crippen LogP contribution is 2.20. The van der Waals surface area contributed by atoms with Crippen LogP contribution in [0.5, 0.6) is 0 Å². The molecule has 1 aromatic heterocycles. The van der Waals surface area contributed by atoms with Crippen LogP contribution in [-0.2, 0) is 6.54 Å². The lowest BCUT2D eigenvalue weighted by Gasteiger charge is -2.10. The fourth-order valence-corrected chi connectivity index (χ4v) is 2.74. The zero-order chi connectivity index (χ0) is 15.7. The SMILES string of the molecule is Cc1ccc(C)c2[nH]c(=O)c(CNc3cccc(Cl)c3)cc12. The zero-order valence-corrected chi connectivity index (χ0v) is 13.3. The van der Waals surface area contributed by atoms with Crippen LogP contribution in [0.15, 0.2) is 47.3 Å². The van der Waals surface area contributed by atoms with E-state index < -0.39 is 0 Å². The van der Waals surface area contributed by atoms with Crippen molar-refractivity contribution >= 4 is 28.2 Å². The van der Waals surface area contributed by atoms with Crippen molar-refractivity contribution in [2.75, 3.05) is 5.32 Å². The number of halogens is 1. The molecule has 1 heterocycles. The van der Waals surface area contributed by atoms with Crippen LogP contribution in [0.3, 0.4) is 0 Å². The molecule has 3 rings (SSSR count). The molecular formula is C18H17ClN2O. The maximum absolute atomic E-state index is 12.3. The van der Waals surface area contributed by atoms with E-state index in [9.17, 15) is 4.79 Å². The van der Waals surface area contributed by atoms with Crippen molar-refractivity contribution in [3.63, 3.8) is 0 Å². The molecule has 0 atom stereocenters. The molecule has 0 amide bonds. The van der Waals surface area contributed by atoms with E-state index in [-0.39, 0.29) is 5.56 Å². The van der Waals surface area contributed by atoms with Crippen LogP contribution >= 0.6 is 11.6 Å². The highest BCUT2D eigenvalue weighted by molar-refractivity contribution is 6.30. The molecule has 0 aliphatic heterocycles. The molecule has 3 aromatic rings. The van der Waals surface area contributed by atoms with Gasteiger partial charge in [0.1, 0.15) is 0 Å². The van der Waals surface area contributed by atoms with E-state index in [1.54, 1.807) is 0 Å². The molecule has 0 bridgehead atoms. The van der Waals surface area contributed by atoms with Crippen LogP contribution in [0, 0.1) is 13.8 Å². The van der Waals surface area contributed by atoms with Gasteiger partial charge in [-0.1, -0.05) is 29.8 Å². The molecule has 0 aliphatic rings. The molecule has 0 aliphatic carbocycles. The molecule has 4 heteroatoms. The molecule has 3 nitrogen and oxygen atoms in total. The predicted molar refractivity (Wildman–Crippen MR) is 92.8 cm³/mol. The summed E-state index contributed by atoms with van der Waals surface area (Å²) >= 11 is 5.97. The molecule has 0 unspecified atom stereocenters. The second-order valence-electron chi connectivity index (χ2n) is 5.48. The van der Waals surface area contributed by atoms with Gasteiger partial charge in [-0.3, -0.25) is 4.79 Å². The number of fused-ring (bicyclic) bond motifs is 1. The number of aromatic nitrogens is 1. The minimum absolute atomic E-state index is 0.0595. The average Bonchev–Trinajstić information content (AvgIpc) is 2.50. The van der Waals surface area contributed by atoms with E-state index in [0.29, 0.717) is 17.1 Å². The Bertz CT molecular complexity index is 899. The monoisotopic (exact) mass is 312 g/mol. The Balaban J connectivity index is 1.96. The third-order valence-electron chi connectivity index (χ3n) is 3.83. The summed E-state index contributed by atoms with van der Waals surface area (Å²) in [5.74, 6) is 0. The minimum Gasteiger partial charge on any atom is -0.381 e. The number of rotatable bonds is 3. The lowest BCUT2D eigenvalue weighted by atomic mass is 10.0. The van der Waals surface area contributed by atoms with E-state index in [4.69, 9.17) is 11.6 Å². The molecule has 0 radical (unpaired) electrons. The van der Waals surface area contributed by atoms with Gasteiger partial charge in [-0.25, -0.2) is 0 Å². The lowest BCUT2D eigenvalue weighted by molar-refractivity contribution is 1.09. The zero-order valence-electron chi connectivity index (χ0n) is 12.5. The summed E-state index contributed by atoms with van der Waals surface area (Å²) in [6, 6.07) is 13.5. The van der Waals surface area contributed by atoms with Gasteiger partial charge in [0.05, 0.1) is 5.52 Å². The summed E-state index contributed by atoms with van der Waals surface area (Å²) < 4.78 is 0. The maximum Gasteiger partial charge on any atom is 0.253 e. The summed E-state index contributed by atoms with van der Waals surface area (Å²) in [5.41, 5.74) is 4.69. The quantitative estimate of drug-likeness (QED) is 0.752. The Hall–Kier alpha value is -2.26. The molecule has 112 valence electrons. The van der Waals surface area contributed by atoms with Gasteiger partial charge in [0.2, 0.25) is 0 Å². The van der Waals surface area contributed by atoms with Crippen LogP contribution < -0.4 is 10.9 Å². The van der Waals surface area contributed by atoms with Crippen molar-refractivity contribution in [2.24, 2.45) is 0 Å². The molecule has 2 N–H and O–H groups in total. The van der Waals surface area contributed by atoms with Gasteiger partial charge in [-0.15, -0.1) is 0 Å². The summed E-state index contributed by atoms with van der Waals surface area (Å²) in [5, 5.41) is 4.99. The second-order valence-corrected chi connectivity index (χ2v) is 5.91. The molecular weight excluding hydrogens is 296 g/mol. The van der Waals surface area contributed by atoms with Crippen LogP contribution in [-0.4, -0.2) is 4.98 Å². The topological polar surface area (TPSA) is 44.9 Å². The van der Waals surface area contributed by atoms with Crippen LogP contribution in [0.1, 0.15) is 16.7 Å². The van der Waals surface area contributed by atoms with Gasteiger partial charge < -0.3 is 10.3 Å². The molecule has 0 fully saturated rings. The van der Waals surface area contributed by atoms with E-state index >= 15 is 0 Å². The first-order valence-corrected chi connectivity index (χ1v) is 7.54. The number of hydrogen-bond donors (Lipinski definition) is 2. The highest BCUT2D eigenvalue weighted by atomic mass is 35.5. The summed E-state index contributed by atoms with van der Waals surface area (Å²) in [6.07, 6.45) is 0. The lowest BCUT2D eigenvalue weighted by Crippen LogP contribution is -2.16. The van der Waals surface area contributed by atoms with Crippen molar-refractivity contribution in [3.05, 3.63) is 74.5 Å². The van der Waals surface area contributed by atoms with Gasteiger partial charge in [-0.05, 0) is 49.2 Å². The third-order valence-corrected chi connectivity index (χ3v) is 4.06. The molecule has 0 saturated heterocycles.